The first-order valence-electron chi connectivity index (χ1n) is 4.84. The van der Waals surface area contributed by atoms with Crippen molar-refractivity contribution < 1.29 is 4.79 Å². The van der Waals surface area contributed by atoms with E-state index in [4.69, 9.17) is 21.5 Å². The lowest BCUT2D eigenvalue weighted by atomic mass is 9.93. The summed E-state index contributed by atoms with van der Waals surface area (Å²) in [5.41, 5.74) is 1.64. The summed E-state index contributed by atoms with van der Waals surface area (Å²) in [6.45, 7) is 1.74. The minimum Gasteiger partial charge on any atom is -0.336 e. The fraction of sp³-hybridized carbons (Fsp3) is 0.600. The zero-order valence-electron chi connectivity index (χ0n) is 8.61. The van der Waals surface area contributed by atoms with Gasteiger partial charge in [0.2, 0.25) is 5.91 Å². The highest BCUT2D eigenvalue weighted by molar-refractivity contribution is 5.97. The van der Waals surface area contributed by atoms with Gasteiger partial charge in [0, 0.05) is 0 Å². The van der Waals surface area contributed by atoms with Gasteiger partial charge in [0.25, 0.3) is 0 Å². The van der Waals surface area contributed by atoms with E-state index < -0.39 is 28.3 Å². The number of nitrogens with two attached hydrogens (primary N) is 1. The molecule has 1 heterocycles. The van der Waals surface area contributed by atoms with E-state index in [0.29, 0.717) is 6.42 Å². The summed E-state index contributed by atoms with van der Waals surface area (Å²) in [4.78, 5) is 11.8. The quantitative estimate of drug-likeness (QED) is 0.601. The maximum atomic E-state index is 11.8. The normalized spacial score (nSPS) is 42.2. The molecule has 1 saturated carbocycles. The molecule has 0 aromatic heterocycles. The van der Waals surface area contributed by atoms with Crippen LogP contribution in [0.2, 0.25) is 0 Å². The molecule has 16 heavy (non-hydrogen) atoms. The molecule has 3 N–H and O–H groups in total. The molecule has 0 radical (unpaired) electrons. The standard InChI is InChI=1S/C10H9N5O/c1-2-10(14)6-8(3-11,4-12)9(6,5-13)7(16)15-10/h6H,2,14H2,1H3,(H,15,16). The summed E-state index contributed by atoms with van der Waals surface area (Å²) in [6.07, 6.45) is 0.373. The zero-order valence-corrected chi connectivity index (χ0v) is 8.61. The van der Waals surface area contributed by atoms with Crippen LogP contribution in [0.3, 0.4) is 0 Å². The van der Waals surface area contributed by atoms with Crippen LogP contribution in [0.15, 0.2) is 0 Å². The van der Waals surface area contributed by atoms with Crippen molar-refractivity contribution >= 4 is 5.91 Å². The first-order valence-corrected chi connectivity index (χ1v) is 4.84. The summed E-state index contributed by atoms with van der Waals surface area (Å²) in [5.74, 6) is -1.35. The van der Waals surface area contributed by atoms with E-state index in [1.54, 1.807) is 19.1 Å². The summed E-state index contributed by atoms with van der Waals surface area (Å²) in [6, 6.07) is 5.39. The van der Waals surface area contributed by atoms with E-state index >= 15 is 0 Å². The molecule has 0 aromatic rings. The highest BCUT2D eigenvalue weighted by Crippen LogP contribution is 2.74. The van der Waals surface area contributed by atoms with Crippen LogP contribution in [0.4, 0.5) is 0 Å². The molecule has 2 aliphatic rings. The van der Waals surface area contributed by atoms with Crippen LogP contribution < -0.4 is 11.1 Å². The minimum atomic E-state index is -1.59. The van der Waals surface area contributed by atoms with Gasteiger partial charge in [0.05, 0.1) is 29.8 Å². The first kappa shape index (κ1) is 10.4. The first-order chi connectivity index (χ1) is 7.49. The third-order valence-corrected chi connectivity index (χ3v) is 3.74. The molecule has 1 saturated heterocycles. The van der Waals surface area contributed by atoms with E-state index in [-0.39, 0.29) is 0 Å². The maximum Gasteiger partial charge on any atom is 0.245 e. The van der Waals surface area contributed by atoms with Gasteiger partial charge < -0.3 is 11.1 Å². The van der Waals surface area contributed by atoms with Crippen LogP contribution in [-0.2, 0) is 4.79 Å². The molecule has 0 spiro atoms. The van der Waals surface area contributed by atoms with E-state index in [1.807, 2.05) is 6.07 Å². The van der Waals surface area contributed by atoms with Crippen molar-refractivity contribution in [1.29, 1.82) is 15.8 Å². The fourth-order valence-electron chi connectivity index (χ4n) is 2.77. The Morgan fingerprint density at radius 1 is 1.38 bits per heavy atom. The summed E-state index contributed by atoms with van der Waals surface area (Å²) >= 11 is 0. The Morgan fingerprint density at radius 2 is 1.94 bits per heavy atom. The molecule has 1 aliphatic carbocycles. The average molecular weight is 215 g/mol. The number of rotatable bonds is 1. The number of piperidine rings is 1. The van der Waals surface area contributed by atoms with Gasteiger partial charge >= 0.3 is 0 Å². The predicted octanol–water partition coefficient (Wildman–Crippen LogP) is -0.645. The van der Waals surface area contributed by atoms with Gasteiger partial charge in [-0.1, -0.05) is 6.92 Å². The number of carbonyl (C=O) groups excluding carboxylic acids is 1. The summed E-state index contributed by atoms with van der Waals surface area (Å²) in [5, 5.41) is 29.7. The molecule has 1 amide bonds. The Bertz CT molecular complexity index is 493. The van der Waals surface area contributed by atoms with Crippen LogP contribution in [0.1, 0.15) is 13.3 Å². The van der Waals surface area contributed by atoms with Crippen LogP contribution in [-0.4, -0.2) is 11.6 Å². The summed E-state index contributed by atoms with van der Waals surface area (Å²) in [7, 11) is 0. The van der Waals surface area contributed by atoms with E-state index in [9.17, 15) is 4.79 Å². The topological polar surface area (TPSA) is 126 Å². The highest BCUT2D eigenvalue weighted by atomic mass is 16.2. The van der Waals surface area contributed by atoms with Crippen molar-refractivity contribution in [3.8, 4) is 18.2 Å². The van der Waals surface area contributed by atoms with E-state index in [2.05, 4.69) is 5.32 Å². The molecule has 1 aliphatic heterocycles. The van der Waals surface area contributed by atoms with Crippen molar-refractivity contribution in [3.63, 3.8) is 0 Å². The number of carbonyl (C=O) groups is 1. The van der Waals surface area contributed by atoms with E-state index in [1.165, 1.54) is 0 Å². The number of nitrogens with one attached hydrogen (secondary N) is 1. The van der Waals surface area contributed by atoms with Crippen molar-refractivity contribution in [3.05, 3.63) is 0 Å². The van der Waals surface area contributed by atoms with Gasteiger partial charge in [-0.05, 0) is 6.42 Å². The largest absolute Gasteiger partial charge is 0.336 e. The minimum absolute atomic E-state index is 0.373. The molecule has 0 aromatic carbocycles. The van der Waals surface area contributed by atoms with Crippen LogP contribution in [0.5, 0.6) is 0 Å². The van der Waals surface area contributed by atoms with Crippen molar-refractivity contribution in [2.24, 2.45) is 22.5 Å². The molecular weight excluding hydrogens is 206 g/mol. The zero-order chi connectivity index (χ0) is 12.2. The number of nitrogens with zero attached hydrogens (tertiary/aromatic N) is 3. The number of hydrogen-bond donors (Lipinski definition) is 2. The van der Waals surface area contributed by atoms with E-state index in [0.717, 1.165) is 0 Å². The van der Waals surface area contributed by atoms with Crippen molar-refractivity contribution in [2.45, 2.75) is 19.0 Å². The van der Waals surface area contributed by atoms with Gasteiger partial charge in [-0.3, -0.25) is 4.79 Å². The lowest BCUT2D eigenvalue weighted by Crippen LogP contribution is -2.55. The lowest BCUT2D eigenvalue weighted by molar-refractivity contribution is -0.124. The Labute approximate surface area is 92.2 Å². The van der Waals surface area contributed by atoms with Crippen molar-refractivity contribution in [1.82, 2.24) is 5.32 Å². The number of amides is 1. The van der Waals surface area contributed by atoms with Gasteiger partial charge in [0.15, 0.2) is 10.8 Å². The third-order valence-electron chi connectivity index (χ3n) is 3.74. The predicted molar refractivity (Wildman–Crippen MR) is 50.5 cm³/mol. The average Bonchev–Trinajstić information content (AvgIpc) is 2.85. The second-order valence-electron chi connectivity index (χ2n) is 4.23. The van der Waals surface area contributed by atoms with Crippen LogP contribution in [0.25, 0.3) is 0 Å². The molecule has 2 fully saturated rings. The summed E-state index contributed by atoms with van der Waals surface area (Å²) < 4.78 is 0. The molecule has 3 unspecified atom stereocenters. The number of nitriles is 3. The van der Waals surface area contributed by atoms with Crippen molar-refractivity contribution in [2.75, 3.05) is 0 Å². The number of hydrogen-bond acceptors (Lipinski definition) is 5. The number of fused-ring (bicyclic) bond motifs is 1. The van der Waals surface area contributed by atoms with Gasteiger partial charge in [-0.2, -0.15) is 15.8 Å². The second-order valence-corrected chi connectivity index (χ2v) is 4.23. The smallest absolute Gasteiger partial charge is 0.245 e. The van der Waals surface area contributed by atoms with Crippen LogP contribution in [0, 0.1) is 50.7 Å². The Hall–Kier alpha value is -2.10. The highest BCUT2D eigenvalue weighted by Gasteiger charge is 2.92. The second kappa shape index (κ2) is 2.52. The third kappa shape index (κ3) is 0.671. The monoisotopic (exact) mass is 215 g/mol. The van der Waals surface area contributed by atoms with Gasteiger partial charge in [0.1, 0.15) is 0 Å². The molecular formula is C10H9N5O. The van der Waals surface area contributed by atoms with Crippen LogP contribution >= 0.6 is 0 Å². The molecule has 0 bridgehead atoms. The SMILES string of the molecule is CCC1(N)NC(=O)C2(C#N)C1C2(C#N)C#N. The molecule has 6 nitrogen and oxygen atoms in total. The lowest BCUT2D eigenvalue weighted by Gasteiger charge is -2.26. The van der Waals surface area contributed by atoms with Gasteiger partial charge in [-0.15, -0.1) is 0 Å². The Morgan fingerprint density at radius 3 is 2.25 bits per heavy atom. The maximum absolute atomic E-state index is 11.8. The van der Waals surface area contributed by atoms with Gasteiger partial charge in [-0.25, -0.2) is 0 Å². The fourth-order valence-corrected chi connectivity index (χ4v) is 2.77. The molecule has 2 rings (SSSR count). The Balaban J connectivity index is 2.63. The molecule has 6 heteroatoms. The molecule has 80 valence electrons. The Kier molecular flexibility index (Phi) is 1.64. The molecule has 3 atom stereocenters.